The average molecular weight is 378 g/mol. The highest BCUT2D eigenvalue weighted by molar-refractivity contribution is 5.81. The number of anilines is 1. The number of nitrogens with zero attached hydrogens (tertiary/aromatic N) is 3. The molecule has 0 radical (unpaired) electrons. The molecule has 1 aromatic heterocycles. The van der Waals surface area contributed by atoms with Gasteiger partial charge in [-0.15, -0.1) is 0 Å². The number of benzene rings is 2. The number of hydrogen-bond acceptors (Lipinski definition) is 5. The highest BCUT2D eigenvalue weighted by atomic mass is 16.5. The van der Waals surface area contributed by atoms with Crippen molar-refractivity contribution in [1.29, 1.82) is 0 Å². The number of amides is 1. The molecule has 0 spiro atoms. The molecule has 1 N–H and O–H groups in total. The fourth-order valence-electron chi connectivity index (χ4n) is 3.10. The van der Waals surface area contributed by atoms with Crippen LogP contribution in [0.25, 0.3) is 11.3 Å². The van der Waals surface area contributed by atoms with Gasteiger partial charge in [-0.25, -0.2) is 4.79 Å². The Bertz CT molecular complexity index is 932. The van der Waals surface area contributed by atoms with Crippen molar-refractivity contribution in [3.05, 3.63) is 60.7 Å². The van der Waals surface area contributed by atoms with Crippen molar-refractivity contribution in [1.82, 2.24) is 15.1 Å². The molecule has 1 fully saturated rings. The van der Waals surface area contributed by atoms with Crippen LogP contribution in [0.2, 0.25) is 0 Å². The zero-order chi connectivity index (χ0) is 19.3. The molecule has 0 unspecified atom stereocenters. The molecule has 0 saturated carbocycles. The standard InChI is InChI=1S/C21H22N4O3/c1-22-21(26)25-20(24-11-13-27-14-12-24)15-19(23-25)16-7-9-18(10-8-16)28-17-5-3-2-4-6-17/h2-10,15H,11-14H2,1H3,(H,22,26). The summed E-state index contributed by atoms with van der Waals surface area (Å²) >= 11 is 0. The van der Waals surface area contributed by atoms with E-state index in [1.807, 2.05) is 60.7 Å². The van der Waals surface area contributed by atoms with Gasteiger partial charge in [-0.1, -0.05) is 18.2 Å². The van der Waals surface area contributed by atoms with Crippen molar-refractivity contribution in [2.45, 2.75) is 0 Å². The number of carbonyl (C=O) groups is 1. The van der Waals surface area contributed by atoms with Gasteiger partial charge in [-0.3, -0.25) is 0 Å². The van der Waals surface area contributed by atoms with Gasteiger partial charge in [0, 0.05) is 31.8 Å². The minimum Gasteiger partial charge on any atom is -0.457 e. The predicted molar refractivity (Wildman–Crippen MR) is 107 cm³/mol. The third-order valence-corrected chi connectivity index (χ3v) is 4.56. The van der Waals surface area contributed by atoms with E-state index >= 15 is 0 Å². The molecule has 0 aliphatic carbocycles. The third kappa shape index (κ3) is 3.84. The number of carbonyl (C=O) groups excluding carboxylic acids is 1. The van der Waals surface area contributed by atoms with E-state index in [1.165, 1.54) is 4.68 Å². The second kappa shape index (κ2) is 8.14. The summed E-state index contributed by atoms with van der Waals surface area (Å²) in [5, 5.41) is 7.17. The van der Waals surface area contributed by atoms with Crippen molar-refractivity contribution in [2.75, 3.05) is 38.3 Å². The van der Waals surface area contributed by atoms with E-state index in [9.17, 15) is 4.79 Å². The van der Waals surface area contributed by atoms with Crippen LogP contribution in [0.5, 0.6) is 11.5 Å². The molecule has 1 amide bonds. The lowest BCUT2D eigenvalue weighted by atomic mass is 10.1. The van der Waals surface area contributed by atoms with Crippen molar-refractivity contribution in [2.24, 2.45) is 0 Å². The number of hydrogen-bond donors (Lipinski definition) is 1. The first-order chi connectivity index (χ1) is 13.7. The summed E-state index contributed by atoms with van der Waals surface area (Å²) in [4.78, 5) is 14.4. The molecule has 1 saturated heterocycles. The summed E-state index contributed by atoms with van der Waals surface area (Å²) in [6.45, 7) is 2.73. The smallest absolute Gasteiger partial charge is 0.343 e. The predicted octanol–water partition coefficient (Wildman–Crippen LogP) is 3.37. The normalized spacial score (nSPS) is 14.0. The zero-order valence-corrected chi connectivity index (χ0v) is 15.7. The van der Waals surface area contributed by atoms with Gasteiger partial charge in [0.1, 0.15) is 17.3 Å². The molecule has 0 atom stereocenters. The van der Waals surface area contributed by atoms with Gasteiger partial charge < -0.3 is 19.7 Å². The molecule has 28 heavy (non-hydrogen) atoms. The second-order valence-corrected chi connectivity index (χ2v) is 6.39. The molecule has 7 heteroatoms. The highest BCUT2D eigenvalue weighted by Crippen LogP contribution is 2.28. The Kier molecular flexibility index (Phi) is 5.25. The molecule has 2 aromatic carbocycles. The second-order valence-electron chi connectivity index (χ2n) is 6.39. The third-order valence-electron chi connectivity index (χ3n) is 4.56. The number of ether oxygens (including phenoxy) is 2. The highest BCUT2D eigenvalue weighted by Gasteiger charge is 2.21. The van der Waals surface area contributed by atoms with Gasteiger partial charge in [0.2, 0.25) is 0 Å². The van der Waals surface area contributed by atoms with Gasteiger partial charge in [0.15, 0.2) is 0 Å². The summed E-state index contributed by atoms with van der Waals surface area (Å²) in [6.07, 6.45) is 0. The van der Waals surface area contributed by atoms with Crippen LogP contribution < -0.4 is 15.0 Å². The van der Waals surface area contributed by atoms with E-state index in [4.69, 9.17) is 9.47 Å². The van der Waals surface area contributed by atoms with E-state index in [0.717, 1.165) is 41.7 Å². The van der Waals surface area contributed by atoms with Crippen LogP contribution in [0.4, 0.5) is 10.6 Å². The van der Waals surface area contributed by atoms with Gasteiger partial charge in [0.05, 0.1) is 18.9 Å². The van der Waals surface area contributed by atoms with Crippen LogP contribution in [0.3, 0.4) is 0 Å². The van der Waals surface area contributed by atoms with E-state index in [1.54, 1.807) is 7.05 Å². The first kappa shape index (κ1) is 18.1. The van der Waals surface area contributed by atoms with Gasteiger partial charge in [-0.2, -0.15) is 9.78 Å². The Hall–Kier alpha value is -3.32. The quantitative estimate of drug-likeness (QED) is 0.754. The van der Waals surface area contributed by atoms with Crippen LogP contribution in [-0.4, -0.2) is 49.2 Å². The maximum absolute atomic E-state index is 12.3. The number of morpholine rings is 1. The van der Waals surface area contributed by atoms with Crippen molar-refractivity contribution >= 4 is 11.8 Å². The van der Waals surface area contributed by atoms with Crippen molar-refractivity contribution in [3.8, 4) is 22.8 Å². The summed E-state index contributed by atoms with van der Waals surface area (Å²) in [6, 6.07) is 19.0. The molecule has 7 nitrogen and oxygen atoms in total. The monoisotopic (exact) mass is 378 g/mol. The first-order valence-corrected chi connectivity index (χ1v) is 9.23. The number of rotatable bonds is 4. The average Bonchev–Trinajstić information content (AvgIpc) is 3.21. The Labute approximate surface area is 163 Å². The maximum Gasteiger partial charge on any atom is 0.343 e. The van der Waals surface area contributed by atoms with E-state index < -0.39 is 0 Å². The maximum atomic E-state index is 12.3. The van der Waals surface area contributed by atoms with Crippen LogP contribution in [0.1, 0.15) is 0 Å². The fraction of sp³-hybridized carbons (Fsp3) is 0.238. The van der Waals surface area contributed by atoms with Gasteiger partial charge in [-0.05, 0) is 36.4 Å². The lowest BCUT2D eigenvalue weighted by Gasteiger charge is -2.28. The first-order valence-electron chi connectivity index (χ1n) is 9.23. The lowest BCUT2D eigenvalue weighted by molar-refractivity contribution is 0.122. The summed E-state index contributed by atoms with van der Waals surface area (Å²) in [7, 11) is 1.60. The van der Waals surface area contributed by atoms with E-state index in [2.05, 4.69) is 15.3 Å². The Morgan fingerprint density at radius 1 is 1.04 bits per heavy atom. The minimum absolute atomic E-state index is 0.267. The molecule has 0 bridgehead atoms. The van der Waals surface area contributed by atoms with E-state index in [-0.39, 0.29) is 6.03 Å². The molecule has 1 aliphatic heterocycles. The van der Waals surface area contributed by atoms with Gasteiger partial charge in [0.25, 0.3) is 0 Å². The Morgan fingerprint density at radius 2 is 1.71 bits per heavy atom. The van der Waals surface area contributed by atoms with Crippen molar-refractivity contribution < 1.29 is 14.3 Å². The van der Waals surface area contributed by atoms with E-state index in [0.29, 0.717) is 13.2 Å². The number of aromatic nitrogens is 2. The topological polar surface area (TPSA) is 68.6 Å². The van der Waals surface area contributed by atoms with Crippen LogP contribution in [-0.2, 0) is 4.74 Å². The molecular weight excluding hydrogens is 356 g/mol. The zero-order valence-electron chi connectivity index (χ0n) is 15.7. The van der Waals surface area contributed by atoms with Gasteiger partial charge >= 0.3 is 6.03 Å². The lowest BCUT2D eigenvalue weighted by Crippen LogP contribution is -2.39. The molecule has 144 valence electrons. The molecule has 1 aliphatic rings. The number of nitrogens with one attached hydrogen (secondary N) is 1. The van der Waals surface area contributed by atoms with Crippen molar-refractivity contribution in [3.63, 3.8) is 0 Å². The fourth-order valence-corrected chi connectivity index (χ4v) is 3.10. The molecule has 4 rings (SSSR count). The SMILES string of the molecule is CNC(=O)n1nc(-c2ccc(Oc3ccccc3)cc2)cc1N1CCOCC1. The Morgan fingerprint density at radius 3 is 2.39 bits per heavy atom. The molecule has 3 aromatic rings. The number of para-hydroxylation sites is 1. The largest absolute Gasteiger partial charge is 0.457 e. The van der Waals surface area contributed by atoms with Crippen LogP contribution in [0.15, 0.2) is 60.7 Å². The molecular formula is C21H22N4O3. The van der Waals surface area contributed by atoms with Crippen LogP contribution in [0, 0.1) is 0 Å². The van der Waals surface area contributed by atoms with Crippen LogP contribution >= 0.6 is 0 Å². The molecule has 2 heterocycles. The Balaban J connectivity index is 1.59. The summed E-state index contributed by atoms with van der Waals surface area (Å²) in [5.41, 5.74) is 1.65. The summed E-state index contributed by atoms with van der Waals surface area (Å²) < 4.78 is 12.7. The summed E-state index contributed by atoms with van der Waals surface area (Å²) in [5.74, 6) is 2.30. The minimum atomic E-state index is -0.267.